The Morgan fingerprint density at radius 1 is 1.38 bits per heavy atom. The lowest BCUT2D eigenvalue weighted by Crippen LogP contribution is -2.48. The van der Waals surface area contributed by atoms with Crippen LogP contribution in [0.4, 0.5) is 0 Å². The molecule has 76 valence electrons. The molecule has 1 rings (SSSR count). The van der Waals surface area contributed by atoms with Gasteiger partial charge in [-0.25, -0.2) is 0 Å². The van der Waals surface area contributed by atoms with E-state index in [0.29, 0.717) is 6.04 Å². The van der Waals surface area contributed by atoms with Crippen LogP contribution in [0, 0.1) is 0 Å². The Morgan fingerprint density at radius 3 is 2.31 bits per heavy atom. The molecule has 1 heterocycles. The SMILES string of the molecule is CC(=O)N1CCC(NN(C)C)CC1. The second-order valence-electron chi connectivity index (χ2n) is 3.80. The summed E-state index contributed by atoms with van der Waals surface area (Å²) >= 11 is 0. The number of carbonyl (C=O) groups is 1. The highest BCUT2D eigenvalue weighted by atomic mass is 16.2. The van der Waals surface area contributed by atoms with Crippen molar-refractivity contribution in [3.63, 3.8) is 0 Å². The van der Waals surface area contributed by atoms with Gasteiger partial charge in [-0.1, -0.05) is 0 Å². The number of hydrogen-bond donors (Lipinski definition) is 1. The second kappa shape index (κ2) is 4.58. The van der Waals surface area contributed by atoms with E-state index in [1.807, 2.05) is 24.0 Å². The summed E-state index contributed by atoms with van der Waals surface area (Å²) in [5.74, 6) is 0.198. The van der Waals surface area contributed by atoms with Crippen molar-refractivity contribution in [1.82, 2.24) is 15.3 Å². The molecule has 0 aromatic carbocycles. The van der Waals surface area contributed by atoms with Crippen molar-refractivity contribution in [2.45, 2.75) is 25.8 Å². The minimum atomic E-state index is 0.198. The minimum absolute atomic E-state index is 0.198. The third kappa shape index (κ3) is 3.32. The van der Waals surface area contributed by atoms with E-state index in [9.17, 15) is 4.79 Å². The maximum Gasteiger partial charge on any atom is 0.219 e. The Balaban J connectivity index is 2.26. The third-order valence-electron chi connectivity index (χ3n) is 2.38. The molecule has 13 heavy (non-hydrogen) atoms. The molecular weight excluding hydrogens is 166 g/mol. The number of amides is 1. The summed E-state index contributed by atoms with van der Waals surface area (Å²) in [5.41, 5.74) is 3.34. The first-order valence-corrected chi connectivity index (χ1v) is 4.78. The first-order valence-electron chi connectivity index (χ1n) is 4.78. The van der Waals surface area contributed by atoms with Crippen LogP contribution in [0.25, 0.3) is 0 Å². The van der Waals surface area contributed by atoms with Gasteiger partial charge in [-0.15, -0.1) is 0 Å². The molecule has 1 aliphatic rings. The van der Waals surface area contributed by atoms with Gasteiger partial charge in [0.1, 0.15) is 0 Å². The van der Waals surface area contributed by atoms with Crippen molar-refractivity contribution in [2.75, 3.05) is 27.2 Å². The van der Waals surface area contributed by atoms with Gasteiger partial charge in [-0.2, -0.15) is 0 Å². The summed E-state index contributed by atoms with van der Waals surface area (Å²) in [6, 6.07) is 0.533. The van der Waals surface area contributed by atoms with Crippen molar-refractivity contribution in [2.24, 2.45) is 0 Å². The predicted octanol–water partition coefficient (Wildman–Crippen LogP) is 0.0635. The lowest BCUT2D eigenvalue weighted by atomic mass is 10.1. The molecule has 0 aromatic rings. The molecule has 0 aliphatic carbocycles. The van der Waals surface area contributed by atoms with E-state index in [2.05, 4.69) is 5.43 Å². The predicted molar refractivity (Wildman–Crippen MR) is 52.1 cm³/mol. The highest BCUT2D eigenvalue weighted by Crippen LogP contribution is 2.09. The van der Waals surface area contributed by atoms with Crippen LogP contribution in [0.1, 0.15) is 19.8 Å². The van der Waals surface area contributed by atoms with Gasteiger partial charge >= 0.3 is 0 Å². The molecule has 0 unspecified atom stereocenters. The van der Waals surface area contributed by atoms with Gasteiger partial charge in [0.25, 0.3) is 0 Å². The van der Waals surface area contributed by atoms with E-state index >= 15 is 0 Å². The molecule has 1 aliphatic heterocycles. The second-order valence-corrected chi connectivity index (χ2v) is 3.80. The fourth-order valence-electron chi connectivity index (χ4n) is 1.69. The number of nitrogens with one attached hydrogen (secondary N) is 1. The van der Waals surface area contributed by atoms with E-state index in [1.54, 1.807) is 6.92 Å². The molecule has 0 atom stereocenters. The van der Waals surface area contributed by atoms with Crippen molar-refractivity contribution in [1.29, 1.82) is 0 Å². The number of likely N-dealkylation sites (tertiary alicyclic amines) is 1. The topological polar surface area (TPSA) is 35.6 Å². The fourth-order valence-corrected chi connectivity index (χ4v) is 1.69. The fraction of sp³-hybridized carbons (Fsp3) is 0.889. The van der Waals surface area contributed by atoms with Gasteiger partial charge < -0.3 is 4.90 Å². The smallest absolute Gasteiger partial charge is 0.219 e. The highest BCUT2D eigenvalue weighted by molar-refractivity contribution is 5.73. The lowest BCUT2D eigenvalue weighted by Gasteiger charge is -2.33. The van der Waals surface area contributed by atoms with Crippen molar-refractivity contribution < 1.29 is 4.79 Å². The van der Waals surface area contributed by atoms with Crippen LogP contribution in [-0.2, 0) is 4.79 Å². The molecule has 1 saturated heterocycles. The first kappa shape index (κ1) is 10.5. The zero-order valence-electron chi connectivity index (χ0n) is 8.71. The average Bonchev–Trinajstić information content (AvgIpc) is 2.04. The Kier molecular flexibility index (Phi) is 3.69. The van der Waals surface area contributed by atoms with E-state index in [0.717, 1.165) is 25.9 Å². The monoisotopic (exact) mass is 185 g/mol. The van der Waals surface area contributed by atoms with Crippen LogP contribution in [0.15, 0.2) is 0 Å². The van der Waals surface area contributed by atoms with Crippen LogP contribution < -0.4 is 5.43 Å². The zero-order valence-corrected chi connectivity index (χ0v) is 8.71. The molecule has 0 radical (unpaired) electrons. The average molecular weight is 185 g/mol. The van der Waals surface area contributed by atoms with Crippen molar-refractivity contribution in [3.05, 3.63) is 0 Å². The Hall–Kier alpha value is -0.610. The summed E-state index contributed by atoms with van der Waals surface area (Å²) in [4.78, 5) is 12.9. The number of hydrazine groups is 1. The number of nitrogens with zero attached hydrogens (tertiary/aromatic N) is 2. The minimum Gasteiger partial charge on any atom is -0.343 e. The Morgan fingerprint density at radius 2 is 1.92 bits per heavy atom. The van der Waals surface area contributed by atoms with Crippen molar-refractivity contribution in [3.8, 4) is 0 Å². The van der Waals surface area contributed by atoms with Gasteiger partial charge in [-0.05, 0) is 12.8 Å². The number of carbonyl (C=O) groups excluding carboxylic acids is 1. The van der Waals surface area contributed by atoms with Crippen LogP contribution in [0.5, 0.6) is 0 Å². The number of piperidine rings is 1. The van der Waals surface area contributed by atoms with Gasteiger partial charge in [0, 0.05) is 40.2 Å². The Labute approximate surface area is 79.9 Å². The Bertz CT molecular complexity index is 174. The lowest BCUT2D eigenvalue weighted by molar-refractivity contribution is -0.130. The first-order chi connectivity index (χ1) is 6.09. The van der Waals surface area contributed by atoms with E-state index in [-0.39, 0.29) is 5.91 Å². The molecule has 1 N–H and O–H groups in total. The zero-order chi connectivity index (χ0) is 9.84. The van der Waals surface area contributed by atoms with Crippen LogP contribution in [0.3, 0.4) is 0 Å². The molecule has 4 heteroatoms. The highest BCUT2D eigenvalue weighted by Gasteiger charge is 2.20. The van der Waals surface area contributed by atoms with E-state index in [4.69, 9.17) is 0 Å². The molecular formula is C9H19N3O. The molecule has 0 spiro atoms. The number of hydrogen-bond acceptors (Lipinski definition) is 3. The quantitative estimate of drug-likeness (QED) is 0.618. The summed E-state index contributed by atoms with van der Waals surface area (Å²) in [7, 11) is 3.99. The van der Waals surface area contributed by atoms with Gasteiger partial charge in [0.05, 0.1) is 0 Å². The van der Waals surface area contributed by atoms with Gasteiger partial charge in [0.2, 0.25) is 5.91 Å². The largest absolute Gasteiger partial charge is 0.343 e. The summed E-state index contributed by atoms with van der Waals surface area (Å²) in [5, 5.41) is 1.98. The van der Waals surface area contributed by atoms with Crippen LogP contribution >= 0.6 is 0 Å². The summed E-state index contributed by atoms with van der Waals surface area (Å²) < 4.78 is 0. The molecule has 1 fully saturated rings. The normalized spacial score (nSPS) is 19.5. The molecule has 4 nitrogen and oxygen atoms in total. The van der Waals surface area contributed by atoms with Gasteiger partial charge in [0.15, 0.2) is 0 Å². The molecule has 0 bridgehead atoms. The molecule has 0 saturated carbocycles. The van der Waals surface area contributed by atoms with Crippen LogP contribution in [-0.4, -0.2) is 49.0 Å². The third-order valence-corrected chi connectivity index (χ3v) is 2.38. The molecule has 0 aromatic heterocycles. The maximum atomic E-state index is 11.0. The van der Waals surface area contributed by atoms with Gasteiger partial charge in [-0.3, -0.25) is 15.2 Å². The number of rotatable bonds is 2. The summed E-state index contributed by atoms with van der Waals surface area (Å²) in [6.07, 6.45) is 2.11. The maximum absolute atomic E-state index is 11.0. The van der Waals surface area contributed by atoms with Crippen molar-refractivity contribution >= 4 is 5.91 Å². The molecule has 1 amide bonds. The summed E-state index contributed by atoms with van der Waals surface area (Å²) in [6.45, 7) is 3.42. The standard InChI is InChI=1S/C9H19N3O/c1-8(13)12-6-4-9(5-7-12)10-11(2)3/h9-10H,4-7H2,1-3H3. The van der Waals surface area contributed by atoms with E-state index < -0.39 is 0 Å². The van der Waals surface area contributed by atoms with Crippen LogP contribution in [0.2, 0.25) is 0 Å². The van der Waals surface area contributed by atoms with E-state index in [1.165, 1.54) is 0 Å².